The van der Waals surface area contributed by atoms with Crippen molar-refractivity contribution in [2.24, 2.45) is 16.7 Å². The highest BCUT2D eigenvalue weighted by atomic mass is 16.8. The van der Waals surface area contributed by atoms with Gasteiger partial charge in [0.1, 0.15) is 47.3 Å². The van der Waals surface area contributed by atoms with Crippen molar-refractivity contribution in [3.8, 4) is 0 Å². The van der Waals surface area contributed by atoms with Crippen LogP contribution in [0.2, 0.25) is 0 Å². The highest BCUT2D eigenvalue weighted by Crippen LogP contribution is 2.71. The summed E-state index contributed by atoms with van der Waals surface area (Å²) in [6.45, 7) is 12.4. The topological polar surface area (TPSA) is 260 Å². The van der Waals surface area contributed by atoms with Crippen LogP contribution in [0.15, 0.2) is 42.0 Å². The van der Waals surface area contributed by atoms with E-state index in [1.54, 1.807) is 58.2 Å². The molecule has 0 amide bonds. The maximum atomic E-state index is 13.7. The summed E-state index contributed by atoms with van der Waals surface area (Å²) in [5, 5.41) is 82.4. The standard InChI is InChI=1S/C54H82O19/c1-27-45(58)37(63-8)24-43(65-27)71-47-29(3)67-42(23-36(47)57)73-48-30(4)68-44(25-38(48)64-9)72-46-28(2)66-41(22-35(46)56)69-34-16-17-50(6)33(21-34)15-18-53(61)39(50)26-40(70-49(59)32-13-11-10-12-14-32)51(7)52(60,31(5)55)19-20-54(51,53)62/h10-15,27-31,34-48,55-58,60-62H,16-26H2,1-9H3/t27-,28-,29-,30-,31+,34+,35+,36-,37-,38+,39-,40-,41+,42+,43+,44+,45-,46-,47-,48-,50+,51-,52-,53+,54-/m1/s1. The molecule has 0 unspecified atom stereocenters. The molecule has 4 heterocycles. The number of carbonyl (C=O) groups excluding carboxylic acids is 1. The lowest BCUT2D eigenvalue weighted by Crippen LogP contribution is -2.78. The average Bonchev–Trinajstić information content (AvgIpc) is 3.58. The van der Waals surface area contributed by atoms with Crippen LogP contribution >= 0.6 is 0 Å². The summed E-state index contributed by atoms with van der Waals surface area (Å²) in [4.78, 5) is 13.7. The minimum absolute atomic E-state index is 0.000890. The molecule has 0 spiro atoms. The van der Waals surface area contributed by atoms with Gasteiger partial charge in [-0.15, -0.1) is 0 Å². The molecule has 25 atom stereocenters. The van der Waals surface area contributed by atoms with E-state index in [4.69, 9.17) is 52.1 Å². The smallest absolute Gasteiger partial charge is 0.338 e. The van der Waals surface area contributed by atoms with Gasteiger partial charge in [0.2, 0.25) is 0 Å². The van der Waals surface area contributed by atoms with Gasteiger partial charge in [0.25, 0.3) is 0 Å². The number of benzene rings is 1. The van der Waals surface area contributed by atoms with Crippen molar-refractivity contribution >= 4 is 5.97 Å². The molecule has 7 N–H and O–H groups in total. The molecule has 0 radical (unpaired) electrons. The zero-order valence-corrected chi connectivity index (χ0v) is 43.8. The van der Waals surface area contributed by atoms with Crippen LogP contribution in [0.1, 0.15) is 129 Å². The lowest BCUT2D eigenvalue weighted by atomic mass is 9.42. The molecule has 0 aromatic heterocycles. The van der Waals surface area contributed by atoms with Gasteiger partial charge in [0, 0.05) is 45.8 Å². The fourth-order valence-corrected chi connectivity index (χ4v) is 14.6. The first kappa shape index (κ1) is 55.5. The quantitative estimate of drug-likeness (QED) is 0.110. The third-order valence-corrected chi connectivity index (χ3v) is 19.0. The highest BCUT2D eigenvalue weighted by molar-refractivity contribution is 5.89. The van der Waals surface area contributed by atoms with Crippen molar-refractivity contribution in [1.29, 1.82) is 0 Å². The van der Waals surface area contributed by atoms with Crippen LogP contribution in [0.4, 0.5) is 0 Å². The van der Waals surface area contributed by atoms with Crippen LogP contribution < -0.4 is 0 Å². The zero-order valence-electron chi connectivity index (χ0n) is 43.8. The fraction of sp³-hybridized carbons (Fsp3) is 0.833. The molecule has 412 valence electrons. The van der Waals surface area contributed by atoms with Gasteiger partial charge in [-0.05, 0) is 97.1 Å². The van der Waals surface area contributed by atoms with E-state index < -0.39 is 150 Å². The minimum atomic E-state index is -1.92. The van der Waals surface area contributed by atoms with Crippen molar-refractivity contribution in [2.75, 3.05) is 14.2 Å². The lowest BCUT2D eigenvalue weighted by molar-refractivity contribution is -0.346. The lowest BCUT2D eigenvalue weighted by Gasteiger charge is -2.67. The summed E-state index contributed by atoms with van der Waals surface area (Å²) in [5.74, 6) is -1.18. The van der Waals surface area contributed by atoms with Gasteiger partial charge in [0.15, 0.2) is 25.2 Å². The van der Waals surface area contributed by atoms with Crippen LogP contribution in [0.5, 0.6) is 0 Å². The number of fused-ring (bicyclic) bond motifs is 5. The van der Waals surface area contributed by atoms with E-state index in [1.807, 2.05) is 19.9 Å². The molecule has 19 nitrogen and oxygen atoms in total. The Morgan fingerprint density at radius 3 is 1.79 bits per heavy atom. The van der Waals surface area contributed by atoms with Crippen molar-refractivity contribution in [2.45, 2.75) is 253 Å². The molecule has 8 aliphatic rings. The molecule has 3 saturated carbocycles. The molecule has 9 rings (SSSR count). The first-order chi connectivity index (χ1) is 34.5. The van der Waals surface area contributed by atoms with Crippen molar-refractivity contribution in [3.05, 3.63) is 47.5 Å². The summed E-state index contributed by atoms with van der Waals surface area (Å²) in [6.07, 6.45) is -8.70. The molecule has 73 heavy (non-hydrogen) atoms. The molecule has 4 saturated heterocycles. The first-order valence-electron chi connectivity index (χ1n) is 26.6. The summed E-state index contributed by atoms with van der Waals surface area (Å²) < 4.78 is 68.0. The molecular formula is C54H82O19. The number of hydrogen-bond acceptors (Lipinski definition) is 19. The molecule has 4 aliphatic carbocycles. The molecule has 1 aromatic rings. The molecular weight excluding hydrogens is 953 g/mol. The van der Waals surface area contributed by atoms with Crippen LogP contribution in [-0.2, 0) is 52.1 Å². The molecule has 1 aromatic carbocycles. The zero-order chi connectivity index (χ0) is 52.6. The average molecular weight is 1040 g/mol. The molecule has 7 fully saturated rings. The predicted octanol–water partition coefficient (Wildman–Crippen LogP) is 3.32. The summed E-state index contributed by atoms with van der Waals surface area (Å²) >= 11 is 0. The predicted molar refractivity (Wildman–Crippen MR) is 257 cm³/mol. The van der Waals surface area contributed by atoms with E-state index in [0.29, 0.717) is 31.2 Å². The Labute approximate surface area is 428 Å². The Morgan fingerprint density at radius 1 is 0.685 bits per heavy atom. The second-order valence-electron chi connectivity index (χ2n) is 23.0. The third kappa shape index (κ3) is 9.69. The summed E-state index contributed by atoms with van der Waals surface area (Å²) in [7, 11) is 3.11. The normalized spacial score (nSPS) is 50.5. The van der Waals surface area contributed by atoms with E-state index >= 15 is 0 Å². The number of ether oxygens (including phenoxy) is 11. The number of rotatable bonds is 13. The van der Waals surface area contributed by atoms with E-state index in [1.165, 1.54) is 14.0 Å². The second-order valence-corrected chi connectivity index (χ2v) is 23.0. The molecule has 0 bridgehead atoms. The SMILES string of the molecule is CO[C@H]1C[C@H](O[C@H]2[C@@H](O)C[C@H](O[C@H]3CC[C@@]4(C)C(=CC[C@]5(O)[C@@H]4C[C@@H](OC(=O)c4ccccc4)[C@@]4(C)[C@]5(O)CC[C@@]4(O)[C@H](C)O)C3)O[C@@H]2C)O[C@H](C)[C@H]1O[C@H]1C[C@@H](O)[C@H](O[C@H]2C[C@@H](OC)[C@H](O)[C@@H](C)O2)[C@@H](C)O1. The van der Waals surface area contributed by atoms with E-state index in [0.717, 1.165) is 5.57 Å². The molecule has 19 heteroatoms. The van der Waals surface area contributed by atoms with Crippen molar-refractivity contribution in [3.63, 3.8) is 0 Å². The Morgan fingerprint density at radius 2 is 1.22 bits per heavy atom. The van der Waals surface area contributed by atoms with Crippen LogP contribution in [0, 0.1) is 16.7 Å². The largest absolute Gasteiger partial charge is 0.458 e. The fourth-order valence-electron chi connectivity index (χ4n) is 14.6. The maximum absolute atomic E-state index is 13.7. The maximum Gasteiger partial charge on any atom is 0.338 e. The number of carbonyl (C=O) groups is 1. The van der Waals surface area contributed by atoms with Gasteiger partial charge in [-0.25, -0.2) is 4.79 Å². The van der Waals surface area contributed by atoms with E-state index in [9.17, 15) is 40.5 Å². The Bertz CT molecular complexity index is 2070. The summed E-state index contributed by atoms with van der Waals surface area (Å²) in [6, 6.07) is 8.54. The third-order valence-electron chi connectivity index (χ3n) is 19.0. The van der Waals surface area contributed by atoms with Crippen LogP contribution in [0.3, 0.4) is 0 Å². The van der Waals surface area contributed by atoms with Gasteiger partial charge in [-0.2, -0.15) is 0 Å². The van der Waals surface area contributed by atoms with Gasteiger partial charge >= 0.3 is 5.97 Å². The van der Waals surface area contributed by atoms with Crippen molar-refractivity contribution < 1.29 is 92.6 Å². The van der Waals surface area contributed by atoms with Gasteiger partial charge in [-0.1, -0.05) is 43.7 Å². The van der Waals surface area contributed by atoms with Gasteiger partial charge in [-0.3, -0.25) is 0 Å². The first-order valence-corrected chi connectivity index (χ1v) is 26.6. The number of hydrogen-bond donors (Lipinski definition) is 7. The molecule has 4 aliphatic heterocycles. The number of aliphatic hydroxyl groups excluding tert-OH is 4. The minimum Gasteiger partial charge on any atom is -0.458 e. The van der Waals surface area contributed by atoms with Crippen LogP contribution in [0.25, 0.3) is 0 Å². The van der Waals surface area contributed by atoms with E-state index in [2.05, 4.69) is 6.92 Å². The summed E-state index contributed by atoms with van der Waals surface area (Å²) in [5.41, 5.74) is -6.37. The number of aliphatic hydroxyl groups is 7. The Hall–Kier alpha value is -2.25. The van der Waals surface area contributed by atoms with Gasteiger partial charge in [0.05, 0.1) is 72.0 Å². The van der Waals surface area contributed by atoms with Crippen LogP contribution in [-0.4, -0.2) is 189 Å². The number of methoxy groups -OCH3 is 2. The van der Waals surface area contributed by atoms with E-state index in [-0.39, 0.29) is 51.0 Å². The second kappa shape index (κ2) is 21.2. The Balaban J connectivity index is 0.794. The Kier molecular flexibility index (Phi) is 16.1. The van der Waals surface area contributed by atoms with Crippen molar-refractivity contribution in [1.82, 2.24) is 0 Å². The number of esters is 1. The highest BCUT2D eigenvalue weighted by Gasteiger charge is 2.81. The van der Waals surface area contributed by atoms with Gasteiger partial charge < -0.3 is 87.9 Å². The monoisotopic (exact) mass is 1030 g/mol.